The maximum atomic E-state index is 12.9. The number of rotatable bonds is 7. The lowest BCUT2D eigenvalue weighted by Gasteiger charge is -2.55. The standard InChI is InChI=1S/C24H29N3O4/c1-15-4-2-3-5-19(15)22-26-20(31-27-22)14-30-21(28)6-7-25-23(29)24-11-16-8-17(12-24)10-18(9-16)13-24/h2-5,16-18H,6-14H2,1H3,(H,25,29). The molecule has 31 heavy (non-hydrogen) atoms. The molecule has 0 saturated heterocycles. The quantitative estimate of drug-likeness (QED) is 0.681. The first kappa shape index (κ1) is 20.2. The number of benzene rings is 1. The third-order valence-corrected chi connectivity index (χ3v) is 7.35. The molecule has 7 heteroatoms. The van der Waals surface area contributed by atoms with Crippen LogP contribution in [0.3, 0.4) is 0 Å². The third kappa shape index (κ3) is 4.10. The molecule has 1 heterocycles. The van der Waals surface area contributed by atoms with E-state index in [-0.39, 0.29) is 36.2 Å². The monoisotopic (exact) mass is 423 g/mol. The molecule has 4 saturated carbocycles. The van der Waals surface area contributed by atoms with E-state index in [0.29, 0.717) is 12.4 Å². The fourth-order valence-corrected chi connectivity index (χ4v) is 6.32. The van der Waals surface area contributed by atoms with Crippen LogP contribution in [0.1, 0.15) is 56.4 Å². The minimum absolute atomic E-state index is 0.0688. The summed E-state index contributed by atoms with van der Waals surface area (Å²) in [4.78, 5) is 29.3. The number of nitrogens with one attached hydrogen (secondary N) is 1. The summed E-state index contributed by atoms with van der Waals surface area (Å²) < 4.78 is 10.4. The van der Waals surface area contributed by atoms with Gasteiger partial charge in [0, 0.05) is 17.5 Å². The molecule has 0 aliphatic heterocycles. The van der Waals surface area contributed by atoms with E-state index in [1.54, 1.807) is 0 Å². The lowest BCUT2D eigenvalue weighted by molar-refractivity contribution is -0.147. The molecule has 0 radical (unpaired) electrons. The van der Waals surface area contributed by atoms with E-state index in [1.807, 2.05) is 31.2 Å². The van der Waals surface area contributed by atoms with Crippen LogP contribution in [0.25, 0.3) is 11.4 Å². The van der Waals surface area contributed by atoms with Crippen molar-refractivity contribution in [1.29, 1.82) is 0 Å². The second kappa shape index (κ2) is 8.09. The van der Waals surface area contributed by atoms with Gasteiger partial charge in [-0.05, 0) is 68.8 Å². The highest BCUT2D eigenvalue weighted by atomic mass is 16.6. The second-order valence-corrected chi connectivity index (χ2v) is 9.69. The summed E-state index contributed by atoms with van der Waals surface area (Å²) in [5.74, 6) is 2.65. The molecule has 2 aromatic rings. The molecule has 0 atom stereocenters. The molecule has 7 nitrogen and oxygen atoms in total. The van der Waals surface area contributed by atoms with E-state index in [1.165, 1.54) is 19.3 Å². The van der Waals surface area contributed by atoms with E-state index in [4.69, 9.17) is 9.26 Å². The number of carbonyl (C=O) groups is 2. The minimum atomic E-state index is -0.388. The first-order chi connectivity index (χ1) is 15.0. The number of aryl methyl sites for hydroxylation is 1. The van der Waals surface area contributed by atoms with E-state index in [2.05, 4.69) is 15.5 Å². The number of amides is 1. The molecule has 1 N–H and O–H groups in total. The average Bonchev–Trinajstić information content (AvgIpc) is 3.20. The second-order valence-electron chi connectivity index (χ2n) is 9.69. The Bertz CT molecular complexity index is 947. The summed E-state index contributed by atoms with van der Waals surface area (Å²) in [6.45, 7) is 2.21. The molecule has 4 aliphatic carbocycles. The predicted octanol–water partition coefficient (Wildman–Crippen LogP) is 3.81. The van der Waals surface area contributed by atoms with Crippen molar-refractivity contribution in [2.24, 2.45) is 23.2 Å². The van der Waals surface area contributed by atoms with Crippen LogP contribution >= 0.6 is 0 Å². The summed E-state index contributed by atoms with van der Waals surface area (Å²) in [5.41, 5.74) is 1.74. The highest BCUT2D eigenvalue weighted by molar-refractivity contribution is 5.83. The predicted molar refractivity (Wildman–Crippen MR) is 112 cm³/mol. The van der Waals surface area contributed by atoms with Crippen LogP contribution in [-0.4, -0.2) is 28.6 Å². The molecule has 1 aromatic carbocycles. The average molecular weight is 424 g/mol. The molecule has 164 valence electrons. The van der Waals surface area contributed by atoms with Crippen LogP contribution < -0.4 is 5.32 Å². The van der Waals surface area contributed by atoms with Gasteiger partial charge in [0.05, 0.1) is 6.42 Å². The molecule has 4 aliphatic rings. The number of aromatic nitrogens is 2. The maximum Gasteiger partial charge on any atom is 0.308 e. The highest BCUT2D eigenvalue weighted by Gasteiger charge is 2.54. The Hall–Kier alpha value is -2.70. The summed E-state index contributed by atoms with van der Waals surface area (Å²) in [7, 11) is 0. The van der Waals surface area contributed by atoms with Gasteiger partial charge in [-0.3, -0.25) is 9.59 Å². The number of hydrogen-bond donors (Lipinski definition) is 1. The van der Waals surface area contributed by atoms with Gasteiger partial charge in [-0.25, -0.2) is 0 Å². The summed E-state index contributed by atoms with van der Waals surface area (Å²) in [6, 6.07) is 7.76. The molecule has 0 spiro atoms. The zero-order valence-corrected chi connectivity index (χ0v) is 17.9. The Balaban J connectivity index is 1.08. The number of hydrogen-bond acceptors (Lipinski definition) is 6. The lowest BCUT2D eigenvalue weighted by Crippen LogP contribution is -2.53. The molecule has 0 unspecified atom stereocenters. The Labute approximate surface area is 181 Å². The third-order valence-electron chi connectivity index (χ3n) is 7.35. The van der Waals surface area contributed by atoms with Crippen molar-refractivity contribution in [2.75, 3.05) is 6.54 Å². The van der Waals surface area contributed by atoms with Crippen molar-refractivity contribution in [3.05, 3.63) is 35.7 Å². The van der Waals surface area contributed by atoms with E-state index in [9.17, 15) is 9.59 Å². The molecular weight excluding hydrogens is 394 g/mol. The summed E-state index contributed by atoms with van der Waals surface area (Å²) in [5, 5.41) is 6.98. The van der Waals surface area contributed by atoms with Crippen molar-refractivity contribution in [1.82, 2.24) is 15.5 Å². The Kier molecular flexibility index (Phi) is 5.28. The van der Waals surface area contributed by atoms with Crippen molar-refractivity contribution in [3.63, 3.8) is 0 Å². The molecule has 1 amide bonds. The van der Waals surface area contributed by atoms with Gasteiger partial charge in [0.1, 0.15) is 0 Å². The number of carbonyl (C=O) groups excluding carboxylic acids is 2. The number of ether oxygens (including phenoxy) is 1. The van der Waals surface area contributed by atoms with Crippen molar-refractivity contribution in [2.45, 2.75) is 58.5 Å². The SMILES string of the molecule is Cc1ccccc1-c1noc(COC(=O)CCNC(=O)C23CC4CC(CC(C4)C2)C3)n1. The van der Waals surface area contributed by atoms with E-state index >= 15 is 0 Å². The summed E-state index contributed by atoms with van der Waals surface area (Å²) >= 11 is 0. The largest absolute Gasteiger partial charge is 0.456 e. The first-order valence-electron chi connectivity index (χ1n) is 11.3. The minimum Gasteiger partial charge on any atom is -0.456 e. The van der Waals surface area contributed by atoms with E-state index in [0.717, 1.165) is 48.1 Å². The smallest absolute Gasteiger partial charge is 0.308 e. The Morgan fingerprint density at radius 3 is 2.48 bits per heavy atom. The zero-order chi connectivity index (χ0) is 21.4. The zero-order valence-electron chi connectivity index (χ0n) is 17.9. The normalized spacial score (nSPS) is 28.5. The van der Waals surface area contributed by atoms with Crippen LogP contribution in [0.5, 0.6) is 0 Å². The first-order valence-corrected chi connectivity index (χ1v) is 11.3. The summed E-state index contributed by atoms with van der Waals surface area (Å²) in [6.07, 6.45) is 7.12. The van der Waals surface area contributed by atoms with Gasteiger partial charge in [-0.1, -0.05) is 29.4 Å². The fraction of sp³-hybridized carbons (Fsp3) is 0.583. The topological polar surface area (TPSA) is 94.3 Å². The van der Waals surface area contributed by atoms with Crippen molar-refractivity contribution in [3.8, 4) is 11.4 Å². The number of nitrogens with zero attached hydrogens (tertiary/aromatic N) is 2. The van der Waals surface area contributed by atoms with Gasteiger partial charge in [-0.15, -0.1) is 0 Å². The fourth-order valence-electron chi connectivity index (χ4n) is 6.32. The van der Waals surface area contributed by atoms with Crippen LogP contribution in [0.2, 0.25) is 0 Å². The van der Waals surface area contributed by atoms with Gasteiger partial charge >= 0.3 is 5.97 Å². The van der Waals surface area contributed by atoms with Crippen LogP contribution in [0.4, 0.5) is 0 Å². The highest BCUT2D eigenvalue weighted by Crippen LogP contribution is 2.60. The van der Waals surface area contributed by atoms with Gasteiger partial charge in [-0.2, -0.15) is 4.98 Å². The van der Waals surface area contributed by atoms with Crippen molar-refractivity contribution < 1.29 is 18.8 Å². The maximum absolute atomic E-state index is 12.9. The molecule has 4 bridgehead atoms. The molecule has 4 fully saturated rings. The Morgan fingerprint density at radius 1 is 1.13 bits per heavy atom. The molecule has 1 aromatic heterocycles. The van der Waals surface area contributed by atoms with E-state index < -0.39 is 0 Å². The molecular formula is C24H29N3O4. The van der Waals surface area contributed by atoms with Gasteiger partial charge in [0.25, 0.3) is 5.89 Å². The van der Waals surface area contributed by atoms with Crippen LogP contribution in [0, 0.1) is 30.1 Å². The van der Waals surface area contributed by atoms with Crippen LogP contribution in [-0.2, 0) is 20.9 Å². The van der Waals surface area contributed by atoms with Crippen LogP contribution in [0.15, 0.2) is 28.8 Å². The molecule has 6 rings (SSSR count). The van der Waals surface area contributed by atoms with Gasteiger partial charge in [0.2, 0.25) is 11.7 Å². The van der Waals surface area contributed by atoms with Gasteiger partial charge in [0.15, 0.2) is 6.61 Å². The van der Waals surface area contributed by atoms with Crippen molar-refractivity contribution >= 4 is 11.9 Å². The Morgan fingerprint density at radius 2 is 1.81 bits per heavy atom. The van der Waals surface area contributed by atoms with Gasteiger partial charge < -0.3 is 14.6 Å². The lowest BCUT2D eigenvalue weighted by atomic mass is 9.49. The number of esters is 1.